The van der Waals surface area contributed by atoms with Crippen molar-refractivity contribution < 1.29 is 4.79 Å². The molecule has 2 rings (SSSR count). The van der Waals surface area contributed by atoms with Gasteiger partial charge in [0.25, 0.3) is 0 Å². The maximum absolute atomic E-state index is 11.4. The molecular formula is C12H17N3O. The van der Waals surface area contributed by atoms with Gasteiger partial charge in [0.05, 0.1) is 12.2 Å². The predicted octanol–water partition coefficient (Wildman–Crippen LogP) is 1.01. The van der Waals surface area contributed by atoms with Gasteiger partial charge in [-0.25, -0.2) is 0 Å². The summed E-state index contributed by atoms with van der Waals surface area (Å²) in [6.45, 7) is 2.36. The van der Waals surface area contributed by atoms with Gasteiger partial charge in [-0.2, -0.15) is 0 Å². The smallest absolute Gasteiger partial charge is 0.234 e. The largest absolute Gasteiger partial charge is 0.352 e. The van der Waals surface area contributed by atoms with Crippen molar-refractivity contribution in [2.75, 3.05) is 6.54 Å². The molecular weight excluding hydrogens is 202 g/mol. The first-order chi connectivity index (χ1) is 7.75. The minimum atomic E-state index is 0.0743. The first kappa shape index (κ1) is 11.1. The number of amides is 1. The zero-order valence-electron chi connectivity index (χ0n) is 9.44. The standard InChI is InChI=1S/C12H17N3O/c1-9(11-4-2-3-7-13-11)14-8-12(16)15-10-5-6-10/h2-4,7,9-10,14H,5-6,8H2,1H3,(H,15,16)/t9-/m1/s1. The molecule has 4 heteroatoms. The molecule has 2 N–H and O–H groups in total. The van der Waals surface area contributed by atoms with Crippen LogP contribution in [0.5, 0.6) is 0 Å². The van der Waals surface area contributed by atoms with E-state index in [1.807, 2.05) is 25.1 Å². The normalized spacial score (nSPS) is 16.8. The van der Waals surface area contributed by atoms with Crippen LogP contribution in [0.4, 0.5) is 0 Å². The molecule has 1 saturated carbocycles. The fraction of sp³-hybridized carbons (Fsp3) is 0.500. The summed E-state index contributed by atoms with van der Waals surface area (Å²) in [7, 11) is 0. The highest BCUT2D eigenvalue weighted by molar-refractivity contribution is 5.78. The van der Waals surface area contributed by atoms with E-state index in [4.69, 9.17) is 0 Å². The second-order valence-electron chi connectivity index (χ2n) is 4.20. The van der Waals surface area contributed by atoms with Crippen LogP contribution in [0.2, 0.25) is 0 Å². The van der Waals surface area contributed by atoms with Gasteiger partial charge >= 0.3 is 0 Å². The van der Waals surface area contributed by atoms with Gasteiger partial charge in [-0.15, -0.1) is 0 Å². The molecule has 86 valence electrons. The average molecular weight is 219 g/mol. The number of carbonyl (C=O) groups excluding carboxylic acids is 1. The Balaban J connectivity index is 1.74. The Labute approximate surface area is 95.5 Å². The molecule has 1 aliphatic rings. The van der Waals surface area contributed by atoms with E-state index in [2.05, 4.69) is 15.6 Å². The highest BCUT2D eigenvalue weighted by Crippen LogP contribution is 2.18. The molecule has 0 aromatic carbocycles. The third-order valence-electron chi connectivity index (χ3n) is 2.64. The summed E-state index contributed by atoms with van der Waals surface area (Å²) in [6.07, 6.45) is 4.01. The molecule has 16 heavy (non-hydrogen) atoms. The minimum absolute atomic E-state index is 0.0743. The van der Waals surface area contributed by atoms with E-state index in [1.54, 1.807) is 6.20 Å². The average Bonchev–Trinajstić information content (AvgIpc) is 3.11. The third-order valence-corrected chi connectivity index (χ3v) is 2.64. The lowest BCUT2D eigenvalue weighted by molar-refractivity contribution is -0.120. The van der Waals surface area contributed by atoms with Crippen LogP contribution in [-0.4, -0.2) is 23.5 Å². The number of nitrogens with one attached hydrogen (secondary N) is 2. The number of pyridine rings is 1. The SMILES string of the molecule is C[C@@H](NCC(=O)NC1CC1)c1ccccn1. The van der Waals surface area contributed by atoms with Crippen molar-refractivity contribution >= 4 is 5.91 Å². The Kier molecular flexibility index (Phi) is 3.51. The molecule has 0 unspecified atom stereocenters. The fourth-order valence-electron chi connectivity index (χ4n) is 1.49. The number of rotatable bonds is 5. The van der Waals surface area contributed by atoms with Gasteiger partial charge in [0.1, 0.15) is 0 Å². The van der Waals surface area contributed by atoms with Crippen molar-refractivity contribution in [2.24, 2.45) is 0 Å². The Morgan fingerprint density at radius 3 is 3.00 bits per heavy atom. The molecule has 0 aliphatic heterocycles. The molecule has 1 aromatic heterocycles. The van der Waals surface area contributed by atoms with Gasteiger partial charge in [-0.3, -0.25) is 9.78 Å². The summed E-state index contributed by atoms with van der Waals surface area (Å²) >= 11 is 0. The highest BCUT2D eigenvalue weighted by atomic mass is 16.2. The molecule has 1 aliphatic carbocycles. The van der Waals surface area contributed by atoms with E-state index in [1.165, 1.54) is 0 Å². The highest BCUT2D eigenvalue weighted by Gasteiger charge is 2.23. The van der Waals surface area contributed by atoms with Crippen LogP contribution in [0.3, 0.4) is 0 Å². The molecule has 4 nitrogen and oxygen atoms in total. The van der Waals surface area contributed by atoms with E-state index in [9.17, 15) is 4.79 Å². The Morgan fingerprint density at radius 1 is 1.56 bits per heavy atom. The van der Waals surface area contributed by atoms with Crippen molar-refractivity contribution in [3.05, 3.63) is 30.1 Å². The molecule has 0 spiro atoms. The number of aromatic nitrogens is 1. The summed E-state index contributed by atoms with van der Waals surface area (Å²) in [4.78, 5) is 15.7. The zero-order valence-corrected chi connectivity index (χ0v) is 9.44. The number of hydrogen-bond acceptors (Lipinski definition) is 3. The molecule has 1 amide bonds. The zero-order chi connectivity index (χ0) is 11.4. The van der Waals surface area contributed by atoms with Crippen molar-refractivity contribution in [1.29, 1.82) is 0 Å². The van der Waals surface area contributed by atoms with Gasteiger partial charge in [0, 0.05) is 18.3 Å². The van der Waals surface area contributed by atoms with Crippen LogP contribution in [-0.2, 0) is 4.79 Å². The van der Waals surface area contributed by atoms with E-state index in [-0.39, 0.29) is 11.9 Å². The summed E-state index contributed by atoms with van der Waals surface area (Å²) in [5, 5.41) is 6.10. The van der Waals surface area contributed by atoms with E-state index >= 15 is 0 Å². The molecule has 1 heterocycles. The van der Waals surface area contributed by atoms with E-state index < -0.39 is 0 Å². The molecule has 1 fully saturated rings. The van der Waals surface area contributed by atoms with E-state index in [0.29, 0.717) is 12.6 Å². The number of hydrogen-bond donors (Lipinski definition) is 2. The minimum Gasteiger partial charge on any atom is -0.352 e. The Hall–Kier alpha value is -1.42. The van der Waals surface area contributed by atoms with E-state index in [0.717, 1.165) is 18.5 Å². The van der Waals surface area contributed by atoms with Crippen molar-refractivity contribution in [3.8, 4) is 0 Å². The lowest BCUT2D eigenvalue weighted by atomic mass is 10.2. The van der Waals surface area contributed by atoms with Crippen LogP contribution in [0.15, 0.2) is 24.4 Å². The third kappa shape index (κ3) is 3.31. The van der Waals surface area contributed by atoms with Gasteiger partial charge in [-0.05, 0) is 31.9 Å². The van der Waals surface area contributed by atoms with Crippen LogP contribution in [0.25, 0.3) is 0 Å². The quantitative estimate of drug-likeness (QED) is 0.777. The Morgan fingerprint density at radius 2 is 2.38 bits per heavy atom. The molecule has 1 atom stereocenters. The maximum Gasteiger partial charge on any atom is 0.234 e. The summed E-state index contributed by atoms with van der Waals surface area (Å²) in [5.74, 6) is 0.0743. The predicted molar refractivity (Wildman–Crippen MR) is 61.8 cm³/mol. The van der Waals surface area contributed by atoms with Crippen molar-refractivity contribution in [2.45, 2.75) is 31.8 Å². The van der Waals surface area contributed by atoms with Crippen molar-refractivity contribution in [1.82, 2.24) is 15.6 Å². The maximum atomic E-state index is 11.4. The van der Waals surface area contributed by atoms with Gasteiger partial charge in [-0.1, -0.05) is 6.07 Å². The fourth-order valence-corrected chi connectivity index (χ4v) is 1.49. The molecule has 0 radical (unpaired) electrons. The topological polar surface area (TPSA) is 54.0 Å². The van der Waals surface area contributed by atoms with Crippen molar-refractivity contribution in [3.63, 3.8) is 0 Å². The van der Waals surface area contributed by atoms with Gasteiger partial charge in [0.2, 0.25) is 5.91 Å². The summed E-state index contributed by atoms with van der Waals surface area (Å²) in [5.41, 5.74) is 0.960. The number of carbonyl (C=O) groups is 1. The van der Waals surface area contributed by atoms with Gasteiger partial charge in [0.15, 0.2) is 0 Å². The number of nitrogens with zero attached hydrogens (tertiary/aromatic N) is 1. The summed E-state index contributed by atoms with van der Waals surface area (Å²) in [6, 6.07) is 6.32. The first-order valence-electron chi connectivity index (χ1n) is 5.69. The molecule has 0 saturated heterocycles. The lowest BCUT2D eigenvalue weighted by Gasteiger charge is -2.12. The summed E-state index contributed by atoms with van der Waals surface area (Å²) < 4.78 is 0. The van der Waals surface area contributed by atoms with Crippen LogP contribution < -0.4 is 10.6 Å². The van der Waals surface area contributed by atoms with Gasteiger partial charge < -0.3 is 10.6 Å². The lowest BCUT2D eigenvalue weighted by Crippen LogP contribution is -2.36. The van der Waals surface area contributed by atoms with Crippen LogP contribution in [0.1, 0.15) is 31.5 Å². The van der Waals surface area contributed by atoms with Crippen LogP contribution in [0, 0.1) is 0 Å². The second kappa shape index (κ2) is 5.07. The Bertz CT molecular complexity index is 349. The monoisotopic (exact) mass is 219 g/mol. The first-order valence-corrected chi connectivity index (χ1v) is 5.69. The van der Waals surface area contributed by atoms with Crippen LogP contribution >= 0.6 is 0 Å². The molecule has 1 aromatic rings. The molecule has 0 bridgehead atoms. The second-order valence-corrected chi connectivity index (χ2v) is 4.20.